The van der Waals surface area contributed by atoms with E-state index in [1.807, 2.05) is 0 Å². The van der Waals surface area contributed by atoms with Gasteiger partial charge in [0.2, 0.25) is 0 Å². The van der Waals surface area contributed by atoms with Crippen LogP contribution in [0, 0.1) is 0 Å². The van der Waals surface area contributed by atoms with Crippen molar-refractivity contribution in [3.8, 4) is 0 Å². The number of rotatable bonds is 0. The minimum absolute atomic E-state index is 0.192. The van der Waals surface area contributed by atoms with Gasteiger partial charge in [-0.15, -0.1) is 5.10 Å². The summed E-state index contributed by atoms with van der Waals surface area (Å²) in [6.45, 7) is 0. The number of imidazole rings is 1. The first-order valence-corrected chi connectivity index (χ1v) is 4.92. The van der Waals surface area contributed by atoms with Crippen molar-refractivity contribution < 1.29 is 0 Å². The number of nitrogens with one attached hydrogen (secondary N) is 2. The van der Waals surface area contributed by atoms with Gasteiger partial charge in [0.25, 0.3) is 11.1 Å². The van der Waals surface area contributed by atoms with Gasteiger partial charge in [-0.1, -0.05) is 6.07 Å². The molecule has 0 saturated heterocycles. The van der Waals surface area contributed by atoms with Gasteiger partial charge in [0.15, 0.2) is 11.2 Å². The molecule has 0 aliphatic heterocycles. The third kappa shape index (κ3) is 2.82. The highest BCUT2D eigenvalue weighted by molar-refractivity contribution is 5.67. The minimum atomic E-state index is -0.310. The van der Waals surface area contributed by atoms with Crippen molar-refractivity contribution in [1.29, 1.82) is 0 Å². The summed E-state index contributed by atoms with van der Waals surface area (Å²) in [6, 6.07) is 4.60. The first-order valence-electron chi connectivity index (χ1n) is 4.92. The number of hydrogen-bond donors (Lipinski definition) is 2. The van der Waals surface area contributed by atoms with Crippen molar-refractivity contribution in [3.05, 3.63) is 57.8 Å². The van der Waals surface area contributed by atoms with Crippen molar-refractivity contribution in [2.24, 2.45) is 0 Å². The standard InChI is InChI=1S/C5H4N4O.C5H4N2O/c10-5-3-4(7-1-6-3)8-2-9-5;8-5-3-1-2-4-6-7-5/h1-2H,(H2,6,7,8,9,10);1-4H. The molecule has 2 N–H and O–H groups in total. The van der Waals surface area contributed by atoms with Crippen LogP contribution in [-0.4, -0.2) is 30.1 Å². The Kier molecular flexibility index (Phi) is 3.50. The second-order valence-electron chi connectivity index (χ2n) is 3.09. The molecule has 0 saturated carbocycles. The molecule has 0 atom stereocenters. The summed E-state index contributed by atoms with van der Waals surface area (Å²) in [6.07, 6.45) is 4.22. The van der Waals surface area contributed by atoms with E-state index in [0.717, 1.165) is 0 Å². The predicted molar refractivity (Wildman–Crippen MR) is 62.8 cm³/mol. The molecule has 0 bridgehead atoms. The third-order valence-electron chi connectivity index (χ3n) is 1.89. The average Bonchev–Trinajstić information content (AvgIpc) is 2.73. The summed E-state index contributed by atoms with van der Waals surface area (Å²) < 4.78 is 0. The lowest BCUT2D eigenvalue weighted by Gasteiger charge is -1.81. The molecular formula is C10H8N6O2. The molecule has 0 spiro atoms. The lowest BCUT2D eigenvalue weighted by atomic mass is 10.6. The number of hydrogen-bond acceptors (Lipinski definition) is 6. The van der Waals surface area contributed by atoms with Crippen LogP contribution in [0.1, 0.15) is 0 Å². The molecule has 0 fully saturated rings. The largest absolute Gasteiger partial charge is 0.339 e. The Labute approximate surface area is 99.8 Å². The van der Waals surface area contributed by atoms with Crippen LogP contribution in [0.25, 0.3) is 11.2 Å². The molecule has 90 valence electrons. The average molecular weight is 244 g/mol. The Morgan fingerprint density at radius 2 is 1.78 bits per heavy atom. The molecule has 3 aromatic rings. The van der Waals surface area contributed by atoms with E-state index in [-0.39, 0.29) is 11.1 Å². The van der Waals surface area contributed by atoms with Crippen LogP contribution in [0.2, 0.25) is 0 Å². The molecule has 0 amide bonds. The molecule has 3 rings (SSSR count). The Hall–Kier alpha value is -2.90. The van der Waals surface area contributed by atoms with Crippen LogP contribution in [0.5, 0.6) is 0 Å². The van der Waals surface area contributed by atoms with Gasteiger partial charge >= 0.3 is 0 Å². The second-order valence-corrected chi connectivity index (χ2v) is 3.09. The second kappa shape index (κ2) is 5.43. The molecule has 0 aliphatic rings. The third-order valence-corrected chi connectivity index (χ3v) is 1.89. The summed E-state index contributed by atoms with van der Waals surface area (Å²) in [7, 11) is 0. The van der Waals surface area contributed by atoms with Gasteiger partial charge in [-0.05, 0) is 6.07 Å². The Bertz CT molecular complexity index is 728. The quantitative estimate of drug-likeness (QED) is 0.549. The Morgan fingerprint density at radius 3 is 2.56 bits per heavy atom. The molecule has 0 aliphatic carbocycles. The maximum Gasteiger partial charge on any atom is 0.288 e. The highest BCUT2D eigenvalue weighted by atomic mass is 16.1. The van der Waals surface area contributed by atoms with Crippen molar-refractivity contribution in [2.75, 3.05) is 0 Å². The van der Waals surface area contributed by atoms with Crippen LogP contribution < -0.4 is 11.1 Å². The smallest absolute Gasteiger partial charge is 0.288 e. The topological polar surface area (TPSA) is 117 Å². The van der Waals surface area contributed by atoms with Gasteiger partial charge in [-0.3, -0.25) is 9.59 Å². The molecule has 3 aromatic heterocycles. The van der Waals surface area contributed by atoms with E-state index < -0.39 is 0 Å². The van der Waals surface area contributed by atoms with E-state index >= 15 is 0 Å². The van der Waals surface area contributed by atoms with Crippen LogP contribution >= 0.6 is 0 Å². The monoisotopic (exact) mass is 244 g/mol. The van der Waals surface area contributed by atoms with Crippen molar-refractivity contribution in [1.82, 2.24) is 30.1 Å². The molecular weight excluding hydrogens is 236 g/mol. The van der Waals surface area contributed by atoms with E-state index in [0.29, 0.717) is 11.2 Å². The first-order chi connectivity index (χ1) is 8.77. The number of nitrogens with zero attached hydrogens (tertiary/aromatic N) is 4. The van der Waals surface area contributed by atoms with E-state index in [2.05, 4.69) is 30.1 Å². The zero-order valence-electron chi connectivity index (χ0n) is 9.07. The maximum absolute atomic E-state index is 10.9. The molecule has 8 nitrogen and oxygen atoms in total. The Balaban J connectivity index is 0.000000138. The van der Waals surface area contributed by atoms with Gasteiger partial charge in [-0.25, -0.2) is 9.97 Å². The molecule has 8 heteroatoms. The van der Waals surface area contributed by atoms with Crippen molar-refractivity contribution >= 4 is 11.2 Å². The highest BCUT2D eigenvalue weighted by Gasteiger charge is 1.97. The van der Waals surface area contributed by atoms with Gasteiger partial charge in [0, 0.05) is 12.3 Å². The molecule has 18 heavy (non-hydrogen) atoms. The number of fused-ring (bicyclic) bond motifs is 1. The summed E-state index contributed by atoms with van der Waals surface area (Å²) in [5.41, 5.74) is 0.365. The fourth-order valence-electron chi connectivity index (χ4n) is 1.13. The molecule has 3 heterocycles. The van der Waals surface area contributed by atoms with E-state index in [1.54, 1.807) is 12.1 Å². The SMILES string of the molecule is O=c1[nH]cnc2nc[nH]c12.O=c1ccccnn1. The fraction of sp³-hybridized carbons (Fsp3) is 0. The van der Waals surface area contributed by atoms with Crippen LogP contribution in [-0.2, 0) is 0 Å². The van der Waals surface area contributed by atoms with Gasteiger partial charge in [-0.2, -0.15) is 5.10 Å². The van der Waals surface area contributed by atoms with E-state index in [4.69, 9.17) is 0 Å². The van der Waals surface area contributed by atoms with Gasteiger partial charge in [0.05, 0.1) is 12.7 Å². The lowest BCUT2D eigenvalue weighted by molar-refractivity contribution is 1.01. The molecule has 0 aromatic carbocycles. The summed E-state index contributed by atoms with van der Waals surface area (Å²) >= 11 is 0. The molecule has 0 unspecified atom stereocenters. The lowest BCUT2D eigenvalue weighted by Crippen LogP contribution is -2.05. The normalized spacial score (nSPS) is 9.56. The summed E-state index contributed by atoms with van der Waals surface area (Å²) in [5.74, 6) is 0. The first kappa shape index (κ1) is 11.6. The van der Waals surface area contributed by atoms with Crippen molar-refractivity contribution in [3.63, 3.8) is 0 Å². The minimum Gasteiger partial charge on any atom is -0.339 e. The summed E-state index contributed by atoms with van der Waals surface area (Å²) in [5, 5.41) is 6.62. The van der Waals surface area contributed by atoms with E-state index in [9.17, 15) is 9.59 Å². The Morgan fingerprint density at radius 1 is 1.00 bits per heavy atom. The highest BCUT2D eigenvalue weighted by Crippen LogP contribution is 1.94. The predicted octanol–water partition coefficient (Wildman–Crippen LogP) is -0.517. The zero-order valence-corrected chi connectivity index (χ0v) is 9.07. The van der Waals surface area contributed by atoms with Gasteiger partial charge < -0.3 is 9.97 Å². The van der Waals surface area contributed by atoms with Crippen LogP contribution in [0.3, 0.4) is 0 Å². The zero-order chi connectivity index (χ0) is 12.8. The van der Waals surface area contributed by atoms with Gasteiger partial charge in [0.1, 0.15) is 0 Å². The van der Waals surface area contributed by atoms with Crippen molar-refractivity contribution in [2.45, 2.75) is 0 Å². The maximum atomic E-state index is 10.9. The number of aromatic nitrogens is 6. The van der Waals surface area contributed by atoms with Crippen LogP contribution in [0.15, 0.2) is 46.6 Å². The molecule has 0 radical (unpaired) electrons. The number of aromatic amines is 2. The summed E-state index contributed by atoms with van der Waals surface area (Å²) in [4.78, 5) is 33.9. The van der Waals surface area contributed by atoms with Crippen LogP contribution in [0.4, 0.5) is 0 Å². The fourth-order valence-corrected chi connectivity index (χ4v) is 1.13. The van der Waals surface area contributed by atoms with E-state index in [1.165, 1.54) is 24.9 Å². The number of H-pyrrole nitrogens is 2.